The Bertz CT molecular complexity index is 21.5. The molecule has 0 rings (SSSR count). The van der Waals surface area contributed by atoms with E-state index in [2.05, 4.69) is 0 Å². The molecule has 3 N–H and O–H groups in total. The molecule has 1 unspecified atom stereocenters. The molecule has 0 aliphatic heterocycles. The summed E-state index contributed by atoms with van der Waals surface area (Å²) in [6, 6.07) is 0. The monoisotopic (exact) mass is 91.1 g/mol. The van der Waals surface area contributed by atoms with Crippen LogP contribution in [0.15, 0.2) is 0 Å². The Labute approximate surface area is 39.0 Å². The average molecular weight is 91.2 g/mol. The van der Waals surface area contributed by atoms with Crippen molar-refractivity contribution in [3.63, 3.8) is 0 Å². The molecule has 0 radical (unpaired) electrons. The number of nitrogens with two attached hydrogens (primary N) is 1. The molecule has 0 aromatic heterocycles. The highest BCUT2D eigenvalue weighted by Gasteiger charge is 1.81. The minimum Gasteiger partial charge on any atom is -0.392 e. The largest absolute Gasteiger partial charge is 0.392 e. The minimum absolute atomic E-state index is 0. The molecule has 0 saturated carbocycles. The first-order chi connectivity index (χ1) is 2.27. The number of aliphatic hydroxyl groups is 1. The van der Waals surface area contributed by atoms with E-state index in [4.69, 9.17) is 10.8 Å². The van der Waals surface area contributed by atoms with Crippen molar-refractivity contribution in [2.45, 2.75) is 20.5 Å². The van der Waals surface area contributed by atoms with Gasteiger partial charge in [0, 0.05) is 6.54 Å². The van der Waals surface area contributed by atoms with Crippen LogP contribution in [0.3, 0.4) is 0 Å². The van der Waals surface area contributed by atoms with Gasteiger partial charge in [0.2, 0.25) is 0 Å². The second-order valence-electron chi connectivity index (χ2n) is 1.08. The van der Waals surface area contributed by atoms with E-state index in [0.29, 0.717) is 6.54 Å². The van der Waals surface area contributed by atoms with E-state index >= 15 is 0 Å². The maximum Gasteiger partial charge on any atom is 0.0634 e. The first kappa shape index (κ1) is 9.33. The molecular formula is C4H13NO. The Morgan fingerprint density at radius 2 is 2.00 bits per heavy atom. The fourth-order valence-corrected chi connectivity index (χ4v) is 0. The molecule has 0 aliphatic carbocycles. The van der Waals surface area contributed by atoms with Gasteiger partial charge in [-0.15, -0.1) is 0 Å². The lowest BCUT2D eigenvalue weighted by Crippen LogP contribution is -2.14. The van der Waals surface area contributed by atoms with Crippen molar-refractivity contribution in [3.05, 3.63) is 0 Å². The van der Waals surface area contributed by atoms with E-state index in [9.17, 15) is 0 Å². The summed E-state index contributed by atoms with van der Waals surface area (Å²) >= 11 is 0. The molecule has 0 amide bonds. The van der Waals surface area contributed by atoms with E-state index in [1.54, 1.807) is 6.92 Å². The number of hydrogen-bond donors (Lipinski definition) is 2. The number of rotatable bonds is 1. The van der Waals surface area contributed by atoms with Crippen LogP contribution in [0.25, 0.3) is 0 Å². The fourth-order valence-electron chi connectivity index (χ4n) is 0. The molecule has 2 heteroatoms. The Kier molecular flexibility index (Phi) is 7.65. The lowest BCUT2D eigenvalue weighted by molar-refractivity contribution is 0.203. The lowest BCUT2D eigenvalue weighted by Gasteiger charge is -1.91. The summed E-state index contributed by atoms with van der Waals surface area (Å²) in [6.45, 7) is 2.01. The van der Waals surface area contributed by atoms with Crippen LogP contribution in [-0.2, 0) is 0 Å². The van der Waals surface area contributed by atoms with Crippen molar-refractivity contribution in [1.29, 1.82) is 0 Å². The number of aliphatic hydroxyl groups excluding tert-OH is 1. The fraction of sp³-hybridized carbons (Fsp3) is 1.00. The molecule has 0 aromatic carbocycles. The predicted molar refractivity (Wildman–Crippen MR) is 27.5 cm³/mol. The summed E-state index contributed by atoms with van der Waals surface area (Å²) in [5.74, 6) is 0. The lowest BCUT2D eigenvalue weighted by atomic mass is 10.4. The molecule has 0 aromatic rings. The molecule has 0 spiro atoms. The third-order valence-corrected chi connectivity index (χ3v) is 0.341. The van der Waals surface area contributed by atoms with Gasteiger partial charge in [0.25, 0.3) is 0 Å². The molecule has 0 heterocycles. The smallest absolute Gasteiger partial charge is 0.0634 e. The molecule has 1 atom stereocenters. The van der Waals surface area contributed by atoms with Gasteiger partial charge in [0.15, 0.2) is 0 Å². The van der Waals surface area contributed by atoms with Crippen LogP contribution < -0.4 is 5.73 Å². The molecule has 0 fully saturated rings. The van der Waals surface area contributed by atoms with Gasteiger partial charge in [-0.05, 0) is 6.92 Å². The zero-order chi connectivity index (χ0) is 4.28. The topological polar surface area (TPSA) is 46.2 Å². The maximum absolute atomic E-state index is 8.24. The average Bonchev–Trinajstić information content (AvgIpc) is 1.38. The van der Waals surface area contributed by atoms with Crippen LogP contribution in [-0.4, -0.2) is 17.8 Å². The highest BCUT2D eigenvalue weighted by atomic mass is 16.3. The van der Waals surface area contributed by atoms with Crippen LogP contribution in [0.4, 0.5) is 0 Å². The number of hydrogen-bond acceptors (Lipinski definition) is 2. The van der Waals surface area contributed by atoms with Crippen molar-refractivity contribution in [2.75, 3.05) is 6.54 Å². The first-order valence-electron chi connectivity index (χ1n) is 1.65. The zero-order valence-corrected chi connectivity index (χ0v) is 3.31. The second-order valence-corrected chi connectivity index (χ2v) is 1.08. The minimum atomic E-state index is -0.338. The van der Waals surface area contributed by atoms with Gasteiger partial charge < -0.3 is 10.8 Å². The SMILES string of the molecule is C.CC(O)CN. The zero-order valence-electron chi connectivity index (χ0n) is 3.31. The van der Waals surface area contributed by atoms with E-state index in [1.165, 1.54) is 0 Å². The summed E-state index contributed by atoms with van der Waals surface area (Å²) in [5.41, 5.74) is 4.92. The molecular weight excluding hydrogens is 78.1 g/mol. The predicted octanol–water partition coefficient (Wildman–Crippen LogP) is -0.0380. The molecule has 2 nitrogen and oxygen atoms in total. The van der Waals surface area contributed by atoms with Gasteiger partial charge in [0.05, 0.1) is 6.10 Å². The molecule has 6 heavy (non-hydrogen) atoms. The maximum atomic E-state index is 8.24. The van der Waals surface area contributed by atoms with Crippen molar-refractivity contribution in [2.24, 2.45) is 5.73 Å². The van der Waals surface area contributed by atoms with Crippen molar-refractivity contribution in [1.82, 2.24) is 0 Å². The van der Waals surface area contributed by atoms with Crippen LogP contribution in [0.5, 0.6) is 0 Å². The molecule has 40 valence electrons. The molecule has 0 saturated heterocycles. The van der Waals surface area contributed by atoms with Crippen LogP contribution in [0.1, 0.15) is 14.4 Å². The molecule has 0 bridgehead atoms. The van der Waals surface area contributed by atoms with E-state index in [1.807, 2.05) is 0 Å². The summed E-state index contributed by atoms with van der Waals surface area (Å²) in [4.78, 5) is 0. The summed E-state index contributed by atoms with van der Waals surface area (Å²) in [5, 5.41) is 8.24. The third-order valence-electron chi connectivity index (χ3n) is 0.341. The third kappa shape index (κ3) is 9.07. The van der Waals surface area contributed by atoms with E-state index in [0.717, 1.165) is 0 Å². The van der Waals surface area contributed by atoms with Gasteiger partial charge in [-0.3, -0.25) is 0 Å². The van der Waals surface area contributed by atoms with E-state index in [-0.39, 0.29) is 13.5 Å². The van der Waals surface area contributed by atoms with Gasteiger partial charge >= 0.3 is 0 Å². The summed E-state index contributed by atoms with van der Waals surface area (Å²) < 4.78 is 0. The van der Waals surface area contributed by atoms with Gasteiger partial charge in [-0.25, -0.2) is 0 Å². The van der Waals surface area contributed by atoms with Gasteiger partial charge in [0.1, 0.15) is 0 Å². The normalized spacial score (nSPS) is 12.5. The Hall–Kier alpha value is -0.0800. The van der Waals surface area contributed by atoms with Crippen molar-refractivity contribution < 1.29 is 5.11 Å². The van der Waals surface area contributed by atoms with Crippen LogP contribution >= 0.6 is 0 Å². The Balaban J connectivity index is 0. The van der Waals surface area contributed by atoms with Crippen LogP contribution in [0.2, 0.25) is 0 Å². The van der Waals surface area contributed by atoms with Gasteiger partial charge in [-0.1, -0.05) is 7.43 Å². The quantitative estimate of drug-likeness (QED) is 0.475. The highest BCUT2D eigenvalue weighted by Crippen LogP contribution is 1.65. The summed E-state index contributed by atoms with van der Waals surface area (Å²) in [6.07, 6.45) is -0.338. The first-order valence-corrected chi connectivity index (χ1v) is 1.65. The Morgan fingerprint density at radius 1 is 1.83 bits per heavy atom. The standard InChI is InChI=1S/C3H9NO.CH4/c1-3(5)2-4;/h3,5H,2,4H2,1H3;1H4. The van der Waals surface area contributed by atoms with Crippen LogP contribution in [0, 0.1) is 0 Å². The van der Waals surface area contributed by atoms with E-state index < -0.39 is 0 Å². The highest BCUT2D eigenvalue weighted by molar-refractivity contribution is 4.40. The van der Waals surface area contributed by atoms with Crippen molar-refractivity contribution in [3.8, 4) is 0 Å². The van der Waals surface area contributed by atoms with Crippen molar-refractivity contribution >= 4 is 0 Å². The second kappa shape index (κ2) is 4.92. The summed E-state index contributed by atoms with van der Waals surface area (Å²) in [7, 11) is 0. The molecule has 0 aliphatic rings. The van der Waals surface area contributed by atoms with Gasteiger partial charge in [-0.2, -0.15) is 0 Å². The Morgan fingerprint density at radius 3 is 2.00 bits per heavy atom.